The van der Waals surface area contributed by atoms with Crippen LogP contribution in [-0.2, 0) is 0 Å². The lowest BCUT2D eigenvalue weighted by Crippen LogP contribution is -2.25. The fourth-order valence-corrected chi connectivity index (χ4v) is 0.962. The standard InChI is InChI=1S/C8H14ClN/c1-4-5-8(6-7-9)10(2)3/h5,8H,1,6-7H2,2-3H3. The molecule has 0 bridgehead atoms. The predicted molar refractivity (Wildman–Crippen MR) is 46.5 cm³/mol. The number of hydrogen-bond donors (Lipinski definition) is 0. The third-order valence-corrected chi connectivity index (χ3v) is 1.60. The van der Waals surface area contributed by atoms with Crippen molar-refractivity contribution >= 4 is 11.6 Å². The maximum Gasteiger partial charge on any atom is 0.0357 e. The third-order valence-electron chi connectivity index (χ3n) is 1.38. The third kappa shape index (κ3) is 3.73. The van der Waals surface area contributed by atoms with Crippen molar-refractivity contribution < 1.29 is 0 Å². The van der Waals surface area contributed by atoms with E-state index in [2.05, 4.69) is 17.2 Å². The van der Waals surface area contributed by atoms with Crippen molar-refractivity contribution in [1.29, 1.82) is 0 Å². The fraction of sp³-hybridized carbons (Fsp3) is 0.625. The van der Waals surface area contributed by atoms with E-state index in [9.17, 15) is 0 Å². The molecular formula is C8H14ClN. The zero-order valence-electron chi connectivity index (χ0n) is 6.60. The largest absolute Gasteiger partial charge is 0.302 e. The van der Waals surface area contributed by atoms with Crippen molar-refractivity contribution in [2.45, 2.75) is 12.5 Å². The molecule has 0 aromatic carbocycles. The van der Waals surface area contributed by atoms with E-state index in [4.69, 9.17) is 11.6 Å². The van der Waals surface area contributed by atoms with Crippen molar-refractivity contribution in [2.24, 2.45) is 0 Å². The van der Waals surface area contributed by atoms with Gasteiger partial charge in [-0.05, 0) is 26.6 Å². The molecule has 0 aromatic heterocycles. The summed E-state index contributed by atoms with van der Waals surface area (Å²) in [5.41, 5.74) is 2.76. The van der Waals surface area contributed by atoms with E-state index in [1.54, 1.807) is 0 Å². The van der Waals surface area contributed by atoms with Crippen LogP contribution in [0.3, 0.4) is 0 Å². The van der Waals surface area contributed by atoms with Gasteiger partial charge in [0.15, 0.2) is 0 Å². The van der Waals surface area contributed by atoms with Gasteiger partial charge >= 0.3 is 0 Å². The highest BCUT2D eigenvalue weighted by molar-refractivity contribution is 6.17. The molecule has 0 aromatic rings. The molecule has 10 heavy (non-hydrogen) atoms. The highest BCUT2D eigenvalue weighted by Crippen LogP contribution is 2.01. The summed E-state index contributed by atoms with van der Waals surface area (Å²) in [5, 5.41) is 0. The van der Waals surface area contributed by atoms with E-state index in [-0.39, 0.29) is 0 Å². The number of likely N-dealkylation sites (N-methyl/N-ethyl adjacent to an activating group) is 1. The molecule has 0 aliphatic carbocycles. The van der Waals surface area contributed by atoms with Gasteiger partial charge in [-0.2, -0.15) is 0 Å². The molecule has 1 nitrogen and oxygen atoms in total. The van der Waals surface area contributed by atoms with Gasteiger partial charge in [0.2, 0.25) is 0 Å². The zero-order valence-corrected chi connectivity index (χ0v) is 7.36. The van der Waals surface area contributed by atoms with E-state index in [1.165, 1.54) is 0 Å². The monoisotopic (exact) mass is 159 g/mol. The Morgan fingerprint density at radius 3 is 2.60 bits per heavy atom. The summed E-state index contributed by atoms with van der Waals surface area (Å²) in [6.07, 6.45) is 2.89. The predicted octanol–water partition coefficient (Wildman–Crippen LogP) is 1.89. The molecule has 0 aliphatic rings. The minimum atomic E-state index is 0.384. The van der Waals surface area contributed by atoms with E-state index >= 15 is 0 Å². The topological polar surface area (TPSA) is 3.24 Å². The quantitative estimate of drug-likeness (QED) is 0.447. The summed E-state index contributed by atoms with van der Waals surface area (Å²) in [7, 11) is 4.04. The average Bonchev–Trinajstić information content (AvgIpc) is 1.87. The van der Waals surface area contributed by atoms with Crippen LogP contribution in [0.5, 0.6) is 0 Å². The van der Waals surface area contributed by atoms with Crippen molar-refractivity contribution in [3.05, 3.63) is 18.4 Å². The Morgan fingerprint density at radius 1 is 1.70 bits per heavy atom. The molecule has 0 radical (unpaired) electrons. The Kier molecular flexibility index (Phi) is 5.42. The molecule has 1 unspecified atom stereocenters. The molecule has 0 amide bonds. The summed E-state index contributed by atoms with van der Waals surface area (Å²) in [4.78, 5) is 2.10. The second-order valence-electron chi connectivity index (χ2n) is 2.38. The van der Waals surface area contributed by atoms with E-state index in [1.807, 2.05) is 20.2 Å². The van der Waals surface area contributed by atoms with Gasteiger partial charge in [-0.1, -0.05) is 6.58 Å². The van der Waals surface area contributed by atoms with Crippen LogP contribution in [0, 0.1) is 0 Å². The SMILES string of the molecule is C=C=CC(CCCl)N(C)C. The summed E-state index contributed by atoms with van der Waals surface area (Å²) in [5.74, 6) is 0.682. The molecule has 0 aliphatic heterocycles. The van der Waals surface area contributed by atoms with Crippen LogP contribution in [0.2, 0.25) is 0 Å². The van der Waals surface area contributed by atoms with Crippen LogP contribution < -0.4 is 0 Å². The summed E-state index contributed by atoms with van der Waals surface area (Å²) >= 11 is 5.58. The highest BCUT2D eigenvalue weighted by Gasteiger charge is 2.04. The molecule has 0 N–H and O–H groups in total. The second kappa shape index (κ2) is 5.55. The Bertz CT molecular complexity index is 125. The van der Waals surface area contributed by atoms with Gasteiger partial charge in [0.1, 0.15) is 0 Å². The molecule has 2 heteroatoms. The smallest absolute Gasteiger partial charge is 0.0357 e. The van der Waals surface area contributed by atoms with Crippen LogP contribution in [0.4, 0.5) is 0 Å². The molecule has 0 spiro atoms. The van der Waals surface area contributed by atoms with Crippen LogP contribution in [0.25, 0.3) is 0 Å². The van der Waals surface area contributed by atoms with E-state index in [0.717, 1.165) is 6.42 Å². The van der Waals surface area contributed by atoms with Gasteiger partial charge in [0.25, 0.3) is 0 Å². The van der Waals surface area contributed by atoms with Gasteiger partial charge < -0.3 is 4.90 Å². The Morgan fingerprint density at radius 2 is 2.30 bits per heavy atom. The number of nitrogens with zero attached hydrogens (tertiary/aromatic N) is 1. The lowest BCUT2D eigenvalue weighted by atomic mass is 10.2. The van der Waals surface area contributed by atoms with Crippen molar-refractivity contribution in [3.8, 4) is 0 Å². The molecule has 0 saturated carbocycles. The fourth-order valence-electron chi connectivity index (χ4n) is 0.738. The van der Waals surface area contributed by atoms with Crippen molar-refractivity contribution in [1.82, 2.24) is 4.90 Å². The van der Waals surface area contributed by atoms with Gasteiger partial charge in [-0.15, -0.1) is 17.3 Å². The normalized spacial score (nSPS) is 12.8. The summed E-state index contributed by atoms with van der Waals surface area (Å²) < 4.78 is 0. The number of hydrogen-bond acceptors (Lipinski definition) is 1. The van der Waals surface area contributed by atoms with E-state index in [0.29, 0.717) is 11.9 Å². The highest BCUT2D eigenvalue weighted by atomic mass is 35.5. The van der Waals surface area contributed by atoms with Crippen molar-refractivity contribution in [2.75, 3.05) is 20.0 Å². The van der Waals surface area contributed by atoms with E-state index < -0.39 is 0 Å². The van der Waals surface area contributed by atoms with Crippen LogP contribution in [-0.4, -0.2) is 30.9 Å². The van der Waals surface area contributed by atoms with Crippen LogP contribution in [0.15, 0.2) is 18.4 Å². The van der Waals surface area contributed by atoms with Gasteiger partial charge in [-0.25, -0.2) is 0 Å². The second-order valence-corrected chi connectivity index (χ2v) is 2.76. The maximum atomic E-state index is 5.58. The first-order chi connectivity index (χ1) is 4.72. The zero-order chi connectivity index (χ0) is 7.98. The Balaban J connectivity index is 3.84. The molecule has 0 saturated heterocycles. The van der Waals surface area contributed by atoms with Crippen LogP contribution >= 0.6 is 11.6 Å². The number of halogens is 1. The molecule has 0 heterocycles. The first kappa shape index (κ1) is 9.77. The minimum Gasteiger partial charge on any atom is -0.302 e. The molecule has 0 fully saturated rings. The van der Waals surface area contributed by atoms with Gasteiger partial charge in [0.05, 0.1) is 0 Å². The lowest BCUT2D eigenvalue weighted by molar-refractivity contribution is 0.337. The van der Waals surface area contributed by atoms with Crippen molar-refractivity contribution in [3.63, 3.8) is 0 Å². The summed E-state index contributed by atoms with van der Waals surface area (Å²) in [6, 6.07) is 0.384. The van der Waals surface area contributed by atoms with Gasteiger partial charge in [0, 0.05) is 11.9 Å². The Labute approximate surface area is 68.0 Å². The average molecular weight is 160 g/mol. The van der Waals surface area contributed by atoms with Gasteiger partial charge in [-0.3, -0.25) is 0 Å². The molecule has 58 valence electrons. The molecule has 0 rings (SSSR count). The minimum absolute atomic E-state index is 0.384. The summed E-state index contributed by atoms with van der Waals surface area (Å²) in [6.45, 7) is 3.51. The molecular weight excluding hydrogens is 146 g/mol. The lowest BCUT2D eigenvalue weighted by Gasteiger charge is -2.18. The number of alkyl halides is 1. The number of rotatable bonds is 4. The Hall–Kier alpha value is -0.230. The molecule has 1 atom stereocenters. The first-order valence-corrected chi connectivity index (χ1v) is 3.84. The first-order valence-electron chi connectivity index (χ1n) is 3.30. The van der Waals surface area contributed by atoms with Crippen LogP contribution in [0.1, 0.15) is 6.42 Å². The maximum absolute atomic E-state index is 5.58.